The lowest BCUT2D eigenvalue weighted by Gasteiger charge is -2.17. The van der Waals surface area contributed by atoms with E-state index in [0.29, 0.717) is 40.9 Å². The molecule has 132 valence electrons. The Labute approximate surface area is 151 Å². The molecule has 9 heteroatoms. The van der Waals surface area contributed by atoms with Crippen molar-refractivity contribution in [2.75, 3.05) is 18.5 Å². The van der Waals surface area contributed by atoms with Gasteiger partial charge in [0.25, 0.3) is 11.6 Å². The Hall–Kier alpha value is -3.20. The van der Waals surface area contributed by atoms with E-state index >= 15 is 0 Å². The molecule has 0 aliphatic carbocycles. The van der Waals surface area contributed by atoms with Crippen LogP contribution in [0, 0.1) is 17.0 Å². The molecule has 0 radical (unpaired) electrons. The number of hydrogen-bond donors (Lipinski definition) is 1. The molecule has 1 aliphatic rings. The van der Waals surface area contributed by atoms with Crippen molar-refractivity contribution in [1.82, 2.24) is 4.98 Å². The number of carbonyl (C=O) groups is 1. The van der Waals surface area contributed by atoms with Crippen molar-refractivity contribution < 1.29 is 19.2 Å². The third kappa shape index (κ3) is 2.82. The van der Waals surface area contributed by atoms with Crippen LogP contribution in [0.2, 0.25) is 0 Å². The number of rotatable bonds is 3. The molecule has 1 amide bonds. The molecule has 4 rings (SSSR count). The zero-order chi connectivity index (χ0) is 18.3. The number of fused-ring (bicyclic) bond motifs is 2. The van der Waals surface area contributed by atoms with Crippen LogP contribution in [0.1, 0.15) is 15.9 Å². The second-order valence-electron chi connectivity index (χ2n) is 5.64. The molecular formula is C17H13N3O5S. The summed E-state index contributed by atoms with van der Waals surface area (Å²) in [6.07, 6.45) is 0. The van der Waals surface area contributed by atoms with Gasteiger partial charge >= 0.3 is 0 Å². The minimum atomic E-state index is -0.506. The lowest BCUT2D eigenvalue weighted by Crippen LogP contribution is -2.15. The number of thiazole rings is 1. The number of nitrogens with zero attached hydrogens (tertiary/aromatic N) is 2. The van der Waals surface area contributed by atoms with Gasteiger partial charge in [-0.2, -0.15) is 0 Å². The molecule has 0 atom stereocenters. The van der Waals surface area contributed by atoms with Crippen molar-refractivity contribution in [2.24, 2.45) is 0 Å². The van der Waals surface area contributed by atoms with Gasteiger partial charge in [-0.05, 0) is 13.0 Å². The molecule has 0 saturated carbocycles. The van der Waals surface area contributed by atoms with Gasteiger partial charge in [0.2, 0.25) is 0 Å². The second-order valence-corrected chi connectivity index (χ2v) is 6.67. The molecule has 26 heavy (non-hydrogen) atoms. The van der Waals surface area contributed by atoms with Crippen LogP contribution in [0.4, 0.5) is 10.8 Å². The van der Waals surface area contributed by atoms with E-state index in [1.807, 2.05) is 6.07 Å². The van der Waals surface area contributed by atoms with Crippen LogP contribution >= 0.6 is 11.3 Å². The molecule has 0 bridgehead atoms. The predicted molar refractivity (Wildman–Crippen MR) is 96.4 cm³/mol. The number of ether oxygens (including phenoxy) is 2. The van der Waals surface area contributed by atoms with Crippen molar-refractivity contribution in [3.8, 4) is 11.5 Å². The van der Waals surface area contributed by atoms with E-state index in [1.54, 1.807) is 19.1 Å². The van der Waals surface area contributed by atoms with Gasteiger partial charge in [-0.25, -0.2) is 4.98 Å². The third-order valence-corrected chi connectivity index (χ3v) is 4.95. The Morgan fingerprint density at radius 3 is 2.73 bits per heavy atom. The van der Waals surface area contributed by atoms with Crippen LogP contribution in [0.15, 0.2) is 30.3 Å². The number of aromatic nitrogens is 1. The molecule has 0 unspecified atom stereocenters. The zero-order valence-electron chi connectivity index (χ0n) is 13.6. The van der Waals surface area contributed by atoms with Gasteiger partial charge in [0.1, 0.15) is 13.2 Å². The van der Waals surface area contributed by atoms with E-state index in [2.05, 4.69) is 10.3 Å². The fraction of sp³-hybridized carbons (Fsp3) is 0.176. The Bertz CT molecular complexity index is 1000. The minimum Gasteiger partial charge on any atom is -0.486 e. The van der Waals surface area contributed by atoms with Gasteiger partial charge in [0.15, 0.2) is 16.6 Å². The van der Waals surface area contributed by atoms with Gasteiger partial charge < -0.3 is 9.47 Å². The molecule has 2 aromatic carbocycles. The van der Waals surface area contributed by atoms with Gasteiger partial charge in [0, 0.05) is 29.3 Å². The fourth-order valence-electron chi connectivity index (χ4n) is 2.75. The molecular weight excluding hydrogens is 358 g/mol. The highest BCUT2D eigenvalue weighted by Gasteiger charge is 2.20. The van der Waals surface area contributed by atoms with E-state index in [9.17, 15) is 14.9 Å². The molecule has 2 heterocycles. The van der Waals surface area contributed by atoms with E-state index in [-0.39, 0.29) is 11.3 Å². The fourth-order valence-corrected chi connectivity index (χ4v) is 3.62. The van der Waals surface area contributed by atoms with Gasteiger partial charge in [-0.1, -0.05) is 17.4 Å². The summed E-state index contributed by atoms with van der Waals surface area (Å²) >= 11 is 1.30. The summed E-state index contributed by atoms with van der Waals surface area (Å²) in [4.78, 5) is 27.4. The number of nitrogens with one attached hydrogen (secondary N) is 1. The Kier molecular flexibility index (Phi) is 3.92. The van der Waals surface area contributed by atoms with Crippen molar-refractivity contribution in [2.45, 2.75) is 6.92 Å². The first-order chi connectivity index (χ1) is 12.5. The highest BCUT2D eigenvalue weighted by Crippen LogP contribution is 2.38. The minimum absolute atomic E-state index is 0.0936. The Morgan fingerprint density at radius 1 is 1.27 bits per heavy atom. The van der Waals surface area contributed by atoms with E-state index in [0.717, 1.165) is 4.70 Å². The van der Waals surface area contributed by atoms with Crippen LogP contribution in [-0.2, 0) is 0 Å². The second kappa shape index (κ2) is 6.26. The van der Waals surface area contributed by atoms with Crippen molar-refractivity contribution in [1.29, 1.82) is 0 Å². The lowest BCUT2D eigenvalue weighted by molar-refractivity contribution is -0.385. The molecule has 3 aromatic rings. The maximum Gasteiger partial charge on any atom is 0.273 e. The number of amides is 1. The number of carbonyl (C=O) groups excluding carboxylic acids is 1. The van der Waals surface area contributed by atoms with Crippen molar-refractivity contribution in [3.05, 3.63) is 51.6 Å². The average molecular weight is 371 g/mol. The molecule has 0 spiro atoms. The molecule has 8 nitrogen and oxygen atoms in total. The summed E-state index contributed by atoms with van der Waals surface area (Å²) in [5, 5.41) is 14.1. The molecule has 1 aliphatic heterocycles. The lowest BCUT2D eigenvalue weighted by atomic mass is 10.1. The van der Waals surface area contributed by atoms with E-state index in [4.69, 9.17) is 9.47 Å². The topological polar surface area (TPSA) is 104 Å². The quantitative estimate of drug-likeness (QED) is 0.558. The summed E-state index contributed by atoms with van der Waals surface area (Å²) in [6, 6.07) is 8.01. The van der Waals surface area contributed by atoms with E-state index in [1.165, 1.54) is 23.5 Å². The van der Waals surface area contributed by atoms with Crippen LogP contribution in [0.3, 0.4) is 0 Å². The van der Waals surface area contributed by atoms with Gasteiger partial charge in [0.05, 0.1) is 15.1 Å². The maximum absolute atomic E-state index is 12.5. The first-order valence-electron chi connectivity index (χ1n) is 7.78. The standard InChI is InChI=1S/C17H13N3O5S/c1-9-10(3-2-4-12(9)20(22)23)16(21)19-17-18-11-7-13-14(8-15(11)26-17)25-6-5-24-13/h2-4,7-8H,5-6H2,1H3,(H,18,19,21). The predicted octanol–water partition coefficient (Wildman–Crippen LogP) is 3.54. The third-order valence-electron chi connectivity index (χ3n) is 4.02. The summed E-state index contributed by atoms with van der Waals surface area (Å²) < 4.78 is 11.9. The van der Waals surface area contributed by atoms with Crippen LogP contribution in [0.25, 0.3) is 10.2 Å². The van der Waals surface area contributed by atoms with Gasteiger partial charge in [-0.15, -0.1) is 0 Å². The van der Waals surface area contributed by atoms with Crippen LogP contribution in [-0.4, -0.2) is 29.0 Å². The number of nitro groups is 1. The maximum atomic E-state index is 12.5. The highest BCUT2D eigenvalue weighted by molar-refractivity contribution is 7.22. The first kappa shape index (κ1) is 16.3. The average Bonchev–Trinajstić information content (AvgIpc) is 3.00. The SMILES string of the molecule is Cc1c(C(=O)Nc2nc3cc4c(cc3s2)OCCO4)cccc1[N+](=O)[O-]. The summed E-state index contributed by atoms with van der Waals surface area (Å²) in [5.74, 6) is 0.837. The van der Waals surface area contributed by atoms with Crippen molar-refractivity contribution >= 4 is 38.3 Å². The summed E-state index contributed by atoms with van der Waals surface area (Å²) in [7, 11) is 0. The summed E-state index contributed by atoms with van der Waals surface area (Å²) in [6.45, 7) is 2.53. The number of benzene rings is 2. The number of nitro benzene ring substituents is 1. The highest BCUT2D eigenvalue weighted by atomic mass is 32.1. The Balaban J connectivity index is 1.64. The smallest absolute Gasteiger partial charge is 0.273 e. The van der Waals surface area contributed by atoms with Crippen molar-refractivity contribution in [3.63, 3.8) is 0 Å². The molecule has 1 N–H and O–H groups in total. The van der Waals surface area contributed by atoms with E-state index < -0.39 is 10.8 Å². The largest absolute Gasteiger partial charge is 0.486 e. The molecule has 0 fully saturated rings. The zero-order valence-corrected chi connectivity index (χ0v) is 14.5. The molecule has 0 saturated heterocycles. The normalized spacial score (nSPS) is 12.8. The van der Waals surface area contributed by atoms with Crippen LogP contribution in [0.5, 0.6) is 11.5 Å². The molecule has 1 aromatic heterocycles. The Morgan fingerprint density at radius 2 is 2.00 bits per heavy atom. The number of anilines is 1. The summed E-state index contributed by atoms with van der Waals surface area (Å²) in [5.41, 5.74) is 1.15. The van der Waals surface area contributed by atoms with Crippen LogP contribution < -0.4 is 14.8 Å². The number of hydrogen-bond acceptors (Lipinski definition) is 7. The monoisotopic (exact) mass is 371 g/mol. The first-order valence-corrected chi connectivity index (χ1v) is 8.60. The van der Waals surface area contributed by atoms with Gasteiger partial charge in [-0.3, -0.25) is 20.2 Å².